The van der Waals surface area contributed by atoms with E-state index >= 15 is 0 Å². The zero-order valence-electron chi connectivity index (χ0n) is 24.0. The summed E-state index contributed by atoms with van der Waals surface area (Å²) in [7, 11) is 0. The van der Waals surface area contributed by atoms with Crippen LogP contribution < -0.4 is 4.90 Å². The van der Waals surface area contributed by atoms with Crippen molar-refractivity contribution in [1.82, 2.24) is 0 Å². The second kappa shape index (κ2) is 13.6. The summed E-state index contributed by atoms with van der Waals surface area (Å²) in [5.74, 6) is 2.08. The molecule has 0 bridgehead atoms. The number of aryl methyl sites for hydroxylation is 1. The van der Waals surface area contributed by atoms with Crippen molar-refractivity contribution in [2.45, 2.75) is 53.9 Å². The number of allylic oxidation sites excluding steroid dienone is 14. The highest BCUT2D eigenvalue weighted by Gasteiger charge is 2.22. The molecule has 0 aromatic carbocycles. The highest BCUT2D eigenvalue weighted by molar-refractivity contribution is 6.02. The summed E-state index contributed by atoms with van der Waals surface area (Å²) in [6.45, 7) is 17.2. The largest absolute Gasteiger partial charge is 0.463 e. The van der Waals surface area contributed by atoms with E-state index in [1.807, 2.05) is 32.1 Å². The highest BCUT2D eigenvalue weighted by Crippen LogP contribution is 2.35. The first kappa shape index (κ1) is 29.4. The standard InChI is InChI=1S/C34H40N2O3/c1-8-29(23-33-31(37)20-22-35-21-13-11-10-12-15-25(3)38-33)36(9-2)30-24-32(39-26(30)4)27-16-14-17-28(19-18-27)34(5,6)7/h8,10-19,21-24,27H,3,9,20H2,1-2,4-7H3/b11-10-,15-12+,21-13-,29-8-,33-23-,35-22?. The van der Waals surface area contributed by atoms with Crippen LogP contribution in [0, 0.1) is 12.3 Å². The van der Waals surface area contributed by atoms with Gasteiger partial charge >= 0.3 is 0 Å². The first-order valence-electron chi connectivity index (χ1n) is 13.4. The van der Waals surface area contributed by atoms with Crippen LogP contribution in [0.1, 0.15) is 58.5 Å². The third-order valence-electron chi connectivity index (χ3n) is 6.36. The third-order valence-corrected chi connectivity index (χ3v) is 6.36. The molecule has 1 atom stereocenters. The van der Waals surface area contributed by atoms with Gasteiger partial charge in [-0.3, -0.25) is 9.79 Å². The molecule has 0 fully saturated rings. The van der Waals surface area contributed by atoms with E-state index in [-0.39, 0.29) is 29.3 Å². The Morgan fingerprint density at radius 3 is 2.64 bits per heavy atom. The molecule has 2 aliphatic rings. The van der Waals surface area contributed by atoms with Crippen molar-refractivity contribution in [3.05, 3.63) is 126 Å². The van der Waals surface area contributed by atoms with Gasteiger partial charge in [0.1, 0.15) is 17.3 Å². The summed E-state index contributed by atoms with van der Waals surface area (Å²) in [6.07, 6.45) is 26.8. The van der Waals surface area contributed by atoms with Gasteiger partial charge < -0.3 is 14.1 Å². The fourth-order valence-corrected chi connectivity index (χ4v) is 4.20. The molecule has 3 rings (SSSR count). The Morgan fingerprint density at radius 1 is 1.15 bits per heavy atom. The number of aliphatic imine (C=N–C) groups is 1. The Morgan fingerprint density at radius 2 is 1.92 bits per heavy atom. The topological polar surface area (TPSA) is 55.0 Å². The summed E-state index contributed by atoms with van der Waals surface area (Å²) < 4.78 is 12.2. The van der Waals surface area contributed by atoms with E-state index in [1.165, 1.54) is 5.57 Å². The molecule has 0 N–H and O–H groups in total. The van der Waals surface area contributed by atoms with Crippen LogP contribution >= 0.6 is 0 Å². The number of carbonyl (C=O) groups excluding carboxylic acids is 1. The van der Waals surface area contributed by atoms with E-state index in [9.17, 15) is 4.79 Å². The van der Waals surface area contributed by atoms with Crippen LogP contribution in [-0.2, 0) is 9.53 Å². The van der Waals surface area contributed by atoms with E-state index in [2.05, 4.69) is 80.6 Å². The van der Waals surface area contributed by atoms with Gasteiger partial charge in [0.25, 0.3) is 0 Å². The number of nitrogens with zero attached hydrogens (tertiary/aromatic N) is 2. The lowest BCUT2D eigenvalue weighted by atomic mass is 9.86. The van der Waals surface area contributed by atoms with Gasteiger partial charge in [0, 0.05) is 43.2 Å². The van der Waals surface area contributed by atoms with Crippen LogP contribution in [-0.4, -0.2) is 18.5 Å². The van der Waals surface area contributed by atoms with E-state index in [4.69, 9.17) is 9.15 Å². The van der Waals surface area contributed by atoms with Crippen molar-refractivity contribution in [3.8, 4) is 0 Å². The van der Waals surface area contributed by atoms with Gasteiger partial charge in [-0.25, -0.2) is 0 Å². The minimum absolute atomic E-state index is 0.0254. The van der Waals surface area contributed by atoms with Crippen LogP contribution in [0.3, 0.4) is 0 Å². The minimum Gasteiger partial charge on any atom is -0.463 e. The van der Waals surface area contributed by atoms with Crippen LogP contribution in [0.25, 0.3) is 0 Å². The molecular weight excluding hydrogens is 484 g/mol. The van der Waals surface area contributed by atoms with Crippen LogP contribution in [0.15, 0.2) is 124 Å². The summed E-state index contributed by atoms with van der Waals surface area (Å²) in [5.41, 5.74) is 3.10. The van der Waals surface area contributed by atoms with Crippen LogP contribution in [0.4, 0.5) is 5.69 Å². The molecule has 0 spiro atoms. The highest BCUT2D eigenvalue weighted by atomic mass is 16.5. The Balaban J connectivity index is 1.93. The van der Waals surface area contributed by atoms with Gasteiger partial charge in [-0.05, 0) is 43.9 Å². The minimum atomic E-state index is -0.190. The fraction of sp³-hybridized carbons (Fsp3) is 0.294. The van der Waals surface area contributed by atoms with E-state index < -0.39 is 0 Å². The first-order valence-corrected chi connectivity index (χ1v) is 13.4. The Hall–Kier alpha value is -4.12. The average molecular weight is 525 g/mol. The third kappa shape index (κ3) is 8.18. The lowest BCUT2D eigenvalue weighted by Crippen LogP contribution is -2.22. The molecule has 0 amide bonds. The normalized spacial score (nSPS) is 22.3. The molecule has 1 unspecified atom stereocenters. The van der Waals surface area contributed by atoms with Gasteiger partial charge in [0.05, 0.1) is 11.6 Å². The number of hydrogen-bond donors (Lipinski definition) is 0. The molecule has 204 valence electrons. The molecule has 0 saturated heterocycles. The molecular formula is C34H40N2O3. The number of hydrogen-bond acceptors (Lipinski definition) is 5. The lowest BCUT2D eigenvalue weighted by molar-refractivity contribution is -0.117. The summed E-state index contributed by atoms with van der Waals surface area (Å²) >= 11 is 0. The van der Waals surface area contributed by atoms with Gasteiger partial charge in [0.2, 0.25) is 5.78 Å². The molecule has 2 heterocycles. The number of anilines is 1. The van der Waals surface area contributed by atoms with Gasteiger partial charge in [0.15, 0.2) is 5.76 Å². The van der Waals surface area contributed by atoms with E-state index in [1.54, 1.807) is 36.7 Å². The molecule has 1 aliphatic heterocycles. The fourth-order valence-electron chi connectivity index (χ4n) is 4.20. The maximum atomic E-state index is 13.1. The second-order valence-corrected chi connectivity index (χ2v) is 10.3. The van der Waals surface area contributed by atoms with Crippen molar-refractivity contribution in [3.63, 3.8) is 0 Å². The molecule has 1 aliphatic carbocycles. The Labute approximate surface area is 233 Å². The summed E-state index contributed by atoms with van der Waals surface area (Å²) in [5, 5.41) is 0. The van der Waals surface area contributed by atoms with Crippen LogP contribution in [0.2, 0.25) is 0 Å². The lowest BCUT2D eigenvalue weighted by Gasteiger charge is -2.24. The zero-order chi connectivity index (χ0) is 28.4. The monoisotopic (exact) mass is 524 g/mol. The van der Waals surface area contributed by atoms with Crippen molar-refractivity contribution in [2.75, 3.05) is 11.4 Å². The molecule has 39 heavy (non-hydrogen) atoms. The maximum absolute atomic E-state index is 13.1. The van der Waals surface area contributed by atoms with Crippen molar-refractivity contribution < 1.29 is 13.9 Å². The number of likely N-dealkylation sites (N-methyl/N-ethyl adjacent to an activating group) is 1. The van der Waals surface area contributed by atoms with Gasteiger partial charge in [-0.2, -0.15) is 0 Å². The predicted molar refractivity (Wildman–Crippen MR) is 163 cm³/mol. The quantitative estimate of drug-likeness (QED) is 0.362. The number of ether oxygens (including phenoxy) is 1. The predicted octanol–water partition coefficient (Wildman–Crippen LogP) is 8.58. The van der Waals surface area contributed by atoms with E-state index in [0.29, 0.717) is 12.3 Å². The smallest absolute Gasteiger partial charge is 0.203 e. The maximum Gasteiger partial charge on any atom is 0.203 e. The molecule has 0 radical (unpaired) electrons. The van der Waals surface area contributed by atoms with Crippen molar-refractivity contribution >= 4 is 17.7 Å². The molecule has 5 nitrogen and oxygen atoms in total. The number of ketones is 1. The first-order chi connectivity index (χ1) is 18.6. The number of rotatable bonds is 5. The van der Waals surface area contributed by atoms with Crippen molar-refractivity contribution in [2.24, 2.45) is 10.4 Å². The number of Topliss-reactive ketones (excluding diaryl/α,β-unsaturated/α-hetero) is 1. The summed E-state index contributed by atoms with van der Waals surface area (Å²) in [4.78, 5) is 19.4. The van der Waals surface area contributed by atoms with Gasteiger partial charge in [-0.1, -0.05) is 82.0 Å². The number of furan rings is 1. The van der Waals surface area contributed by atoms with E-state index in [0.717, 1.165) is 22.9 Å². The van der Waals surface area contributed by atoms with Crippen LogP contribution in [0.5, 0.6) is 0 Å². The molecule has 1 aromatic heterocycles. The molecule has 0 saturated carbocycles. The molecule has 5 heteroatoms. The van der Waals surface area contributed by atoms with Crippen molar-refractivity contribution in [1.29, 1.82) is 0 Å². The summed E-state index contributed by atoms with van der Waals surface area (Å²) in [6, 6.07) is 2.09. The Bertz CT molecular complexity index is 1330. The SMILES string of the molecule is C=C1/C=C/C=C\C=C/N=CCC(=O)/C(=C/C(=C/C)N(CC)c2cc(C3C=CC=C(C(C)(C)C)C=C3)oc2C)O1. The zero-order valence-corrected chi connectivity index (χ0v) is 24.0. The van der Waals surface area contributed by atoms with Gasteiger partial charge in [-0.15, -0.1) is 0 Å². The second-order valence-electron chi connectivity index (χ2n) is 10.3. The average Bonchev–Trinajstić information content (AvgIpc) is 3.09. The molecule has 1 aromatic rings. The Kier molecular flexibility index (Phi) is 10.3. The number of carbonyl (C=O) groups is 1.